The van der Waals surface area contributed by atoms with E-state index < -0.39 is 6.10 Å². The minimum absolute atomic E-state index is 0.113. The maximum atomic E-state index is 12.4. The average Bonchev–Trinajstić information content (AvgIpc) is 3.32. The van der Waals surface area contributed by atoms with E-state index in [9.17, 15) is 9.90 Å². The van der Waals surface area contributed by atoms with Crippen LogP contribution in [0.15, 0.2) is 66.7 Å². The van der Waals surface area contributed by atoms with Gasteiger partial charge < -0.3 is 15.2 Å². The predicted molar refractivity (Wildman–Crippen MR) is 155 cm³/mol. The molecule has 0 radical (unpaired) electrons. The van der Waals surface area contributed by atoms with Crippen LogP contribution in [0.1, 0.15) is 0 Å². The van der Waals surface area contributed by atoms with Crippen molar-refractivity contribution in [2.75, 3.05) is 51.2 Å². The lowest BCUT2D eigenvalue weighted by atomic mass is 10.2. The molecule has 0 saturated carbocycles. The maximum absolute atomic E-state index is 12.4. The number of rotatable bonds is 9. The number of thiazole rings is 1. The molecule has 4 aromatic rings. The molecular weight excluding hydrogens is 543 g/mol. The summed E-state index contributed by atoms with van der Waals surface area (Å²) in [6.45, 7) is 4.00. The summed E-state index contributed by atoms with van der Waals surface area (Å²) in [5, 5.41) is 15.3. The summed E-state index contributed by atoms with van der Waals surface area (Å²) in [5.41, 5.74) is 2.57. The van der Waals surface area contributed by atoms with Crippen LogP contribution in [0, 0.1) is 0 Å². The highest BCUT2D eigenvalue weighted by atomic mass is 35.5. The van der Waals surface area contributed by atoms with Crippen molar-refractivity contribution < 1.29 is 14.6 Å². The number of hydrogen-bond acceptors (Lipinski definition) is 7. The Kier molecular flexibility index (Phi) is 8.79. The van der Waals surface area contributed by atoms with E-state index in [0.29, 0.717) is 28.0 Å². The van der Waals surface area contributed by atoms with Gasteiger partial charge in [-0.2, -0.15) is 0 Å². The Hall–Kier alpha value is -2.72. The number of amides is 1. The SMILES string of the molecule is O=C(CN1CCN(CC(O)COc2ccc3sc(-c4ccccc4)nc3c2)CC1)Nc1cc(Cl)cc(Cl)c1. The van der Waals surface area contributed by atoms with Crippen molar-refractivity contribution in [2.45, 2.75) is 6.10 Å². The van der Waals surface area contributed by atoms with Crippen LogP contribution in [-0.4, -0.2) is 77.8 Å². The van der Waals surface area contributed by atoms with Crippen LogP contribution in [-0.2, 0) is 4.79 Å². The van der Waals surface area contributed by atoms with Crippen molar-refractivity contribution in [1.82, 2.24) is 14.8 Å². The Morgan fingerprint density at radius 3 is 2.45 bits per heavy atom. The van der Waals surface area contributed by atoms with Crippen molar-refractivity contribution in [3.05, 3.63) is 76.8 Å². The van der Waals surface area contributed by atoms with Gasteiger partial charge in [0.15, 0.2) is 0 Å². The summed E-state index contributed by atoms with van der Waals surface area (Å²) in [4.78, 5) is 21.5. The lowest BCUT2D eigenvalue weighted by Crippen LogP contribution is -2.50. The van der Waals surface area contributed by atoms with E-state index in [0.717, 1.165) is 47.0 Å². The fourth-order valence-corrected chi connectivity index (χ4v) is 5.88. The standard InChI is InChI=1S/C28H28Cl2N4O3S/c29-20-12-21(30)14-22(13-20)31-27(36)17-34-10-8-33(9-11-34)16-23(35)18-37-24-6-7-26-25(15-24)32-28(38-26)19-4-2-1-3-5-19/h1-7,12-15,23,35H,8-11,16-18H2,(H,31,36). The lowest BCUT2D eigenvalue weighted by molar-refractivity contribution is -0.117. The second-order valence-corrected chi connectivity index (χ2v) is 11.2. The number of nitrogens with one attached hydrogen (secondary N) is 1. The number of halogens is 2. The number of carbonyl (C=O) groups excluding carboxylic acids is 1. The Bertz CT molecular complexity index is 1370. The number of β-amino-alcohol motifs (C(OH)–C–C–N with tert-alkyl or cyclic N) is 1. The first-order valence-electron chi connectivity index (χ1n) is 12.4. The molecular formula is C28H28Cl2N4O3S. The van der Waals surface area contributed by atoms with Crippen molar-refractivity contribution in [3.8, 4) is 16.3 Å². The Morgan fingerprint density at radius 1 is 1.00 bits per heavy atom. The maximum Gasteiger partial charge on any atom is 0.238 e. The molecule has 0 spiro atoms. The van der Waals surface area contributed by atoms with E-state index in [1.54, 1.807) is 29.5 Å². The number of aromatic nitrogens is 1. The molecule has 1 atom stereocenters. The summed E-state index contributed by atoms with van der Waals surface area (Å²) in [6, 6.07) is 20.9. The number of carbonyl (C=O) groups is 1. The molecule has 1 saturated heterocycles. The lowest BCUT2D eigenvalue weighted by Gasteiger charge is -2.35. The second kappa shape index (κ2) is 12.4. The average molecular weight is 572 g/mol. The van der Waals surface area contributed by atoms with E-state index in [1.807, 2.05) is 36.4 Å². The number of benzene rings is 3. The molecule has 7 nitrogen and oxygen atoms in total. The number of ether oxygens (including phenoxy) is 1. The summed E-state index contributed by atoms with van der Waals surface area (Å²) in [5.74, 6) is 0.580. The zero-order valence-electron chi connectivity index (χ0n) is 20.6. The predicted octanol–water partition coefficient (Wildman–Crippen LogP) is 5.27. The largest absolute Gasteiger partial charge is 0.491 e. The number of hydrogen-bond donors (Lipinski definition) is 2. The van der Waals surface area contributed by atoms with Gasteiger partial charge in [0.05, 0.1) is 16.8 Å². The van der Waals surface area contributed by atoms with Crippen LogP contribution < -0.4 is 10.1 Å². The molecule has 1 aliphatic rings. The monoisotopic (exact) mass is 570 g/mol. The van der Waals surface area contributed by atoms with E-state index in [2.05, 4.69) is 27.2 Å². The molecule has 5 rings (SSSR count). The second-order valence-electron chi connectivity index (χ2n) is 9.26. The summed E-state index contributed by atoms with van der Waals surface area (Å²) < 4.78 is 6.98. The fraction of sp³-hybridized carbons (Fsp3) is 0.286. The molecule has 10 heteroatoms. The molecule has 198 valence electrons. The van der Waals surface area contributed by atoms with Gasteiger partial charge in [0.2, 0.25) is 5.91 Å². The van der Waals surface area contributed by atoms with Crippen molar-refractivity contribution >= 4 is 56.3 Å². The minimum Gasteiger partial charge on any atom is -0.491 e. The highest BCUT2D eigenvalue weighted by Gasteiger charge is 2.21. The third-order valence-electron chi connectivity index (χ3n) is 6.27. The molecule has 38 heavy (non-hydrogen) atoms. The van der Waals surface area contributed by atoms with Gasteiger partial charge in [-0.15, -0.1) is 11.3 Å². The van der Waals surface area contributed by atoms with Crippen molar-refractivity contribution in [3.63, 3.8) is 0 Å². The number of piperazine rings is 1. The molecule has 3 aromatic carbocycles. The third kappa shape index (κ3) is 7.22. The molecule has 1 aromatic heterocycles. The molecule has 2 heterocycles. The molecule has 1 unspecified atom stereocenters. The third-order valence-corrected chi connectivity index (χ3v) is 7.79. The molecule has 1 fully saturated rings. The van der Waals surface area contributed by atoms with Gasteiger partial charge in [-0.25, -0.2) is 4.98 Å². The van der Waals surface area contributed by atoms with Crippen molar-refractivity contribution in [1.29, 1.82) is 0 Å². The Labute approximate surface area is 235 Å². The molecule has 2 N–H and O–H groups in total. The van der Waals surface area contributed by atoms with Gasteiger partial charge in [0, 0.05) is 60.1 Å². The highest BCUT2D eigenvalue weighted by Crippen LogP contribution is 2.32. The normalized spacial score (nSPS) is 15.4. The first-order valence-corrected chi connectivity index (χ1v) is 14.0. The Morgan fingerprint density at radius 2 is 1.71 bits per heavy atom. The van der Waals surface area contributed by atoms with Crippen molar-refractivity contribution in [2.24, 2.45) is 0 Å². The van der Waals surface area contributed by atoms with Gasteiger partial charge in [-0.3, -0.25) is 14.6 Å². The number of anilines is 1. The van der Waals surface area contributed by atoms with E-state index in [1.165, 1.54) is 0 Å². The number of fused-ring (bicyclic) bond motifs is 1. The van der Waals surface area contributed by atoms with Crippen LogP contribution in [0.2, 0.25) is 10.0 Å². The molecule has 0 bridgehead atoms. The molecule has 1 amide bonds. The van der Waals surface area contributed by atoms with Crippen LogP contribution in [0.5, 0.6) is 5.75 Å². The van der Waals surface area contributed by atoms with Gasteiger partial charge in [-0.1, -0.05) is 53.5 Å². The van der Waals surface area contributed by atoms with Crippen LogP contribution >= 0.6 is 34.5 Å². The Balaban J connectivity index is 1.05. The highest BCUT2D eigenvalue weighted by molar-refractivity contribution is 7.21. The summed E-state index contributed by atoms with van der Waals surface area (Å²) in [7, 11) is 0. The number of aliphatic hydroxyl groups excluding tert-OH is 1. The van der Waals surface area contributed by atoms with Crippen LogP contribution in [0.25, 0.3) is 20.8 Å². The zero-order chi connectivity index (χ0) is 26.5. The van der Waals surface area contributed by atoms with Gasteiger partial charge in [0.25, 0.3) is 0 Å². The summed E-state index contributed by atoms with van der Waals surface area (Å²) >= 11 is 13.7. The quantitative estimate of drug-likeness (QED) is 0.285. The fourth-order valence-electron chi connectivity index (χ4n) is 4.40. The zero-order valence-corrected chi connectivity index (χ0v) is 23.0. The molecule has 1 aliphatic heterocycles. The minimum atomic E-state index is -0.622. The molecule has 0 aliphatic carbocycles. The van der Waals surface area contributed by atoms with E-state index in [4.69, 9.17) is 32.9 Å². The van der Waals surface area contributed by atoms with Crippen LogP contribution in [0.4, 0.5) is 5.69 Å². The number of aliphatic hydroxyl groups is 1. The van der Waals surface area contributed by atoms with Gasteiger partial charge in [0.1, 0.15) is 23.5 Å². The summed E-state index contributed by atoms with van der Waals surface area (Å²) in [6.07, 6.45) is -0.622. The van der Waals surface area contributed by atoms with Crippen LogP contribution in [0.3, 0.4) is 0 Å². The first-order chi connectivity index (χ1) is 18.4. The van der Waals surface area contributed by atoms with E-state index in [-0.39, 0.29) is 19.1 Å². The number of nitrogens with zero attached hydrogens (tertiary/aromatic N) is 3. The van der Waals surface area contributed by atoms with E-state index >= 15 is 0 Å². The first kappa shape index (κ1) is 26.9. The smallest absolute Gasteiger partial charge is 0.238 e. The van der Waals surface area contributed by atoms with Gasteiger partial charge >= 0.3 is 0 Å². The topological polar surface area (TPSA) is 77.9 Å². The van der Waals surface area contributed by atoms with Gasteiger partial charge in [-0.05, 0) is 30.3 Å².